The van der Waals surface area contributed by atoms with Gasteiger partial charge >= 0.3 is 0 Å². The number of hydrogen-bond donors (Lipinski definition) is 2. The van der Waals surface area contributed by atoms with Crippen LogP contribution in [-0.2, 0) is 9.59 Å². The first-order valence-corrected chi connectivity index (χ1v) is 9.15. The highest BCUT2D eigenvalue weighted by Gasteiger charge is 2.11. The van der Waals surface area contributed by atoms with Crippen molar-refractivity contribution < 1.29 is 9.59 Å². The normalized spacial score (nSPS) is 11.4. The van der Waals surface area contributed by atoms with E-state index in [1.165, 1.54) is 5.56 Å². The zero-order chi connectivity index (χ0) is 19.8. The van der Waals surface area contributed by atoms with E-state index in [9.17, 15) is 9.59 Å². The summed E-state index contributed by atoms with van der Waals surface area (Å²) in [5, 5.41) is 7.08. The van der Waals surface area contributed by atoms with Crippen molar-refractivity contribution in [1.82, 2.24) is 5.43 Å². The average Bonchev–Trinajstić information content (AvgIpc) is 2.64. The molecule has 0 saturated heterocycles. The first-order chi connectivity index (χ1) is 12.9. The van der Waals surface area contributed by atoms with Gasteiger partial charge in [0.15, 0.2) is 0 Å². The van der Waals surface area contributed by atoms with Gasteiger partial charge in [-0.2, -0.15) is 5.10 Å². The molecule has 0 fully saturated rings. The van der Waals surface area contributed by atoms with Crippen LogP contribution in [0.2, 0.25) is 0 Å². The van der Waals surface area contributed by atoms with E-state index in [-0.39, 0.29) is 30.6 Å². The fourth-order valence-corrected chi connectivity index (χ4v) is 2.58. The maximum atomic E-state index is 12.1. The van der Waals surface area contributed by atoms with Crippen LogP contribution in [0.4, 0.5) is 5.69 Å². The van der Waals surface area contributed by atoms with Gasteiger partial charge in [0.1, 0.15) is 0 Å². The topological polar surface area (TPSA) is 70.6 Å². The van der Waals surface area contributed by atoms with Crippen LogP contribution in [0, 0.1) is 19.8 Å². The molecule has 27 heavy (non-hydrogen) atoms. The predicted octanol–water partition coefficient (Wildman–Crippen LogP) is 4.20. The fraction of sp³-hybridized carbons (Fsp3) is 0.318. The molecular weight excluding hydrogens is 338 g/mol. The minimum absolute atomic E-state index is 0.0837. The highest BCUT2D eigenvalue weighted by molar-refractivity contribution is 6.02. The first-order valence-electron chi connectivity index (χ1n) is 9.15. The van der Waals surface area contributed by atoms with Crippen LogP contribution >= 0.6 is 0 Å². The van der Waals surface area contributed by atoms with Gasteiger partial charge in [-0.25, -0.2) is 5.43 Å². The second kappa shape index (κ2) is 9.67. The Kier molecular flexibility index (Phi) is 7.29. The lowest BCUT2D eigenvalue weighted by atomic mass is 10.0. The molecule has 0 aliphatic rings. The van der Waals surface area contributed by atoms with Gasteiger partial charge in [0.2, 0.25) is 11.8 Å². The van der Waals surface area contributed by atoms with E-state index in [2.05, 4.69) is 15.8 Å². The van der Waals surface area contributed by atoms with E-state index >= 15 is 0 Å². The van der Waals surface area contributed by atoms with Gasteiger partial charge in [-0.05, 0) is 48.6 Å². The number of nitrogens with zero attached hydrogens (tertiary/aromatic N) is 1. The van der Waals surface area contributed by atoms with E-state index in [4.69, 9.17) is 0 Å². The molecule has 0 heterocycles. The summed E-state index contributed by atoms with van der Waals surface area (Å²) in [4.78, 5) is 24.1. The Bertz CT molecular complexity index is 827. The lowest BCUT2D eigenvalue weighted by molar-refractivity contribution is -0.124. The molecule has 142 valence electrons. The van der Waals surface area contributed by atoms with Gasteiger partial charge in [0.05, 0.1) is 5.71 Å². The van der Waals surface area contributed by atoms with Gasteiger partial charge in [0.25, 0.3) is 0 Å². The number of hydrazone groups is 1. The van der Waals surface area contributed by atoms with Gasteiger partial charge in [-0.1, -0.05) is 50.2 Å². The monoisotopic (exact) mass is 365 g/mol. The number of nitrogens with one attached hydrogen (secondary N) is 2. The summed E-state index contributed by atoms with van der Waals surface area (Å²) in [7, 11) is 0. The van der Waals surface area contributed by atoms with Crippen molar-refractivity contribution in [1.29, 1.82) is 0 Å². The Labute approximate surface area is 160 Å². The lowest BCUT2D eigenvalue weighted by Gasteiger charge is -2.11. The van der Waals surface area contributed by atoms with Crippen molar-refractivity contribution in [2.24, 2.45) is 11.0 Å². The summed E-state index contributed by atoms with van der Waals surface area (Å²) < 4.78 is 0. The maximum Gasteiger partial charge on any atom is 0.240 e. The summed E-state index contributed by atoms with van der Waals surface area (Å²) in [6.45, 7) is 8.06. The van der Waals surface area contributed by atoms with Crippen molar-refractivity contribution in [3.8, 4) is 0 Å². The second-order valence-corrected chi connectivity index (χ2v) is 6.90. The standard InChI is InChI=1S/C22H27N3O2/c1-15(2)22(18-8-6-5-7-9-18)25-24-21(27)13-12-20(26)23-19-11-10-16(3)17(4)14-19/h5-11,14-15H,12-13H2,1-4H3,(H,23,26)(H,24,27)/b25-22+. The van der Waals surface area contributed by atoms with Crippen molar-refractivity contribution in [2.75, 3.05) is 5.32 Å². The molecule has 2 aromatic rings. The molecule has 2 rings (SSSR count). The van der Waals surface area contributed by atoms with Crippen LogP contribution in [0.1, 0.15) is 43.4 Å². The van der Waals surface area contributed by atoms with Crippen LogP contribution < -0.4 is 10.7 Å². The Balaban J connectivity index is 1.87. The molecule has 5 nitrogen and oxygen atoms in total. The quantitative estimate of drug-likeness (QED) is 0.570. The van der Waals surface area contributed by atoms with Gasteiger partial charge in [0, 0.05) is 18.5 Å². The molecule has 0 aliphatic carbocycles. The molecule has 0 radical (unpaired) electrons. The zero-order valence-electron chi connectivity index (χ0n) is 16.4. The molecule has 0 bridgehead atoms. The molecule has 2 amide bonds. The molecule has 2 N–H and O–H groups in total. The summed E-state index contributed by atoms with van der Waals surface area (Å²) in [5.74, 6) is -0.301. The van der Waals surface area contributed by atoms with Gasteiger partial charge in [-0.3, -0.25) is 9.59 Å². The smallest absolute Gasteiger partial charge is 0.240 e. The fourth-order valence-electron chi connectivity index (χ4n) is 2.58. The highest BCUT2D eigenvalue weighted by atomic mass is 16.2. The lowest BCUT2D eigenvalue weighted by Crippen LogP contribution is -2.23. The highest BCUT2D eigenvalue weighted by Crippen LogP contribution is 2.14. The second-order valence-electron chi connectivity index (χ2n) is 6.90. The summed E-state index contributed by atoms with van der Waals surface area (Å²) >= 11 is 0. The summed E-state index contributed by atoms with van der Waals surface area (Å²) in [6, 6.07) is 15.5. The minimum atomic E-state index is -0.278. The molecule has 0 aromatic heterocycles. The van der Waals surface area contributed by atoms with Crippen molar-refractivity contribution in [3.63, 3.8) is 0 Å². The zero-order valence-corrected chi connectivity index (χ0v) is 16.4. The Morgan fingerprint density at radius 2 is 1.59 bits per heavy atom. The van der Waals surface area contributed by atoms with E-state index in [1.54, 1.807) is 0 Å². The molecule has 5 heteroatoms. The van der Waals surface area contributed by atoms with Crippen molar-refractivity contribution >= 4 is 23.2 Å². The number of carbonyl (C=O) groups excluding carboxylic acids is 2. The number of aryl methyl sites for hydroxylation is 2. The van der Waals surface area contributed by atoms with Crippen molar-refractivity contribution in [2.45, 2.75) is 40.5 Å². The van der Waals surface area contributed by atoms with Crippen LogP contribution in [0.3, 0.4) is 0 Å². The summed E-state index contributed by atoms with van der Waals surface area (Å²) in [5.41, 5.74) is 7.38. The molecular formula is C22H27N3O2. The van der Waals surface area contributed by atoms with Crippen LogP contribution in [0.15, 0.2) is 53.6 Å². The Morgan fingerprint density at radius 3 is 2.22 bits per heavy atom. The number of anilines is 1. The van der Waals surface area contributed by atoms with Crippen LogP contribution in [0.5, 0.6) is 0 Å². The van der Waals surface area contributed by atoms with E-state index in [1.807, 2.05) is 76.2 Å². The minimum Gasteiger partial charge on any atom is -0.326 e. The molecule has 0 unspecified atom stereocenters. The molecule has 0 saturated carbocycles. The third kappa shape index (κ3) is 6.37. The van der Waals surface area contributed by atoms with Crippen molar-refractivity contribution in [3.05, 3.63) is 65.2 Å². The number of amides is 2. The van der Waals surface area contributed by atoms with E-state index in [0.717, 1.165) is 22.5 Å². The largest absolute Gasteiger partial charge is 0.326 e. The van der Waals surface area contributed by atoms with Crippen LogP contribution in [0.25, 0.3) is 0 Å². The Morgan fingerprint density at radius 1 is 0.926 bits per heavy atom. The van der Waals surface area contributed by atoms with Gasteiger partial charge < -0.3 is 5.32 Å². The van der Waals surface area contributed by atoms with E-state index < -0.39 is 0 Å². The number of rotatable bonds is 7. The Hall–Kier alpha value is -2.95. The first kappa shape index (κ1) is 20.4. The molecule has 0 spiro atoms. The third-order valence-corrected chi connectivity index (χ3v) is 4.29. The maximum absolute atomic E-state index is 12.1. The predicted molar refractivity (Wildman–Crippen MR) is 110 cm³/mol. The molecule has 2 aromatic carbocycles. The van der Waals surface area contributed by atoms with Gasteiger partial charge in [-0.15, -0.1) is 0 Å². The number of carbonyl (C=O) groups is 2. The third-order valence-electron chi connectivity index (χ3n) is 4.29. The molecule has 0 aliphatic heterocycles. The molecule has 0 atom stereocenters. The number of hydrogen-bond acceptors (Lipinski definition) is 3. The summed E-state index contributed by atoms with van der Waals surface area (Å²) in [6.07, 6.45) is 0.191. The SMILES string of the molecule is Cc1ccc(NC(=O)CCC(=O)N/N=C(/c2ccccc2)C(C)C)cc1C. The van der Waals surface area contributed by atoms with E-state index in [0.29, 0.717) is 0 Å². The average molecular weight is 365 g/mol. The van der Waals surface area contributed by atoms with Crippen LogP contribution in [-0.4, -0.2) is 17.5 Å². The number of benzene rings is 2.